The monoisotopic (exact) mass is 1580 g/mol. The minimum absolute atomic E-state index is 0. The second-order valence-corrected chi connectivity index (χ2v) is 30.9. The van der Waals surface area contributed by atoms with Gasteiger partial charge >= 0.3 is 18.3 Å². The Labute approximate surface area is 653 Å². The number of carbonyl (C=O) groups is 4. The molecule has 4 N–H and O–H groups in total. The number of rotatable bonds is 11. The average molecular weight is 1590 g/mol. The Morgan fingerprint density at radius 3 is 1.24 bits per heavy atom. The lowest BCUT2D eigenvalue weighted by atomic mass is 9.92. The number of fused-ring (bicyclic) bond motifs is 9. The lowest BCUT2D eigenvalue weighted by Crippen LogP contribution is -2.42. The van der Waals surface area contributed by atoms with Gasteiger partial charge in [0.25, 0.3) is 0 Å². The highest BCUT2D eigenvalue weighted by Crippen LogP contribution is 2.44. The van der Waals surface area contributed by atoms with Gasteiger partial charge in [0.1, 0.15) is 47.0 Å². The molecule has 3 aromatic heterocycles. The van der Waals surface area contributed by atoms with E-state index >= 15 is 0 Å². The van der Waals surface area contributed by atoms with E-state index in [0.29, 0.717) is 122 Å². The number of carbonyl (C=O) groups excluding carboxylic acids is 4. The molecule has 27 heteroatoms. The van der Waals surface area contributed by atoms with Gasteiger partial charge in [-0.25, -0.2) is 31.6 Å². The van der Waals surface area contributed by atoms with Gasteiger partial charge in [0.2, 0.25) is 15.9 Å². The highest BCUT2D eigenvalue weighted by Gasteiger charge is 2.40. The Morgan fingerprint density at radius 2 is 0.809 bits per heavy atom. The Hall–Kier alpha value is -10.3. The van der Waals surface area contributed by atoms with Gasteiger partial charge in [-0.05, 0) is 217 Å². The van der Waals surface area contributed by atoms with E-state index in [9.17, 15) is 36.4 Å². The molecule has 17 rings (SSSR count). The molecule has 110 heavy (non-hydrogen) atoms. The Morgan fingerprint density at radius 1 is 0.455 bits per heavy atom. The standard InChI is InChI=1S/C30H28Cl2N4O4.C28H25Cl2N3O5S.C25H20F2N2O2.H2/c31-20-3-8-23(9-4-20)40-30(38)36-12-11-24-25-17-21(32)5-10-26(25)34-28(24)29(36)19-1-6-22(7-2-19)33-27(37)18-35-13-15-39-16-14-35;29-19-3-6-21(7-4-19)38-28(34)33-12-11-23-24-17-20(30)5-10-25(24)31-26(23)27(33)18-1-8-22(9-2-18)39(35,36)32-13-15-37-16-14-32;1-15-2-11-22-21(14-15)20-12-13-29(25(30)31-19-9-7-18(27)8-10-19)24(23(20)28-22)16-3-5-17(26)6-4-16;/h1-10,17,29,34H,11-16,18H2,(H,33,37);1-10,17,27,31H,11-16H2;2-11,14,24,28H,12-13H2,1H3;1H. The SMILES string of the molecule is Cc1ccc2[nH]c3c(c2c1)CCN(C(=O)Oc1ccc(F)cc1)C3c1ccc(F)cc1.O=C(CN1CCOCC1)Nc1ccc(C2c3[nH]c4ccc(Cl)cc4c3CCN2C(=O)Oc2ccc(Cl)cc2)cc1.O=C(Oc1ccc(Cl)cc1)N1CCc2c([nH]c3ccc(Cl)cc23)C1c1ccc(S(=O)(=O)N2CCOCC2)cc1.[HH]. The van der Waals surface area contributed by atoms with Crippen LogP contribution in [0.2, 0.25) is 20.1 Å². The summed E-state index contributed by atoms with van der Waals surface area (Å²) in [4.78, 5) is 70.4. The smallest absolute Gasteiger partial charge is 0.410 e. The first-order valence-electron chi connectivity index (χ1n) is 35.8. The van der Waals surface area contributed by atoms with E-state index in [2.05, 4.69) is 31.2 Å². The topological polar surface area (TPSA) is 224 Å². The molecule has 2 saturated heterocycles. The summed E-state index contributed by atoms with van der Waals surface area (Å²) < 4.78 is 82.2. The van der Waals surface area contributed by atoms with Crippen LogP contribution in [0.4, 0.5) is 28.9 Å². The number of nitrogens with one attached hydrogen (secondary N) is 4. The summed E-state index contributed by atoms with van der Waals surface area (Å²) in [5.74, 6) is 0.245. The summed E-state index contributed by atoms with van der Waals surface area (Å²) >= 11 is 24.6. The summed E-state index contributed by atoms with van der Waals surface area (Å²) in [5.41, 5.74) is 13.1. The largest absolute Gasteiger partial charge is 0.416 e. The molecule has 0 saturated carbocycles. The molecule has 5 aliphatic rings. The molecule has 566 valence electrons. The van der Waals surface area contributed by atoms with Crippen LogP contribution in [0, 0.1) is 18.6 Å². The number of aryl methyl sites for hydroxylation is 1. The quantitative estimate of drug-likeness (QED) is 0.0949. The van der Waals surface area contributed by atoms with Crippen molar-refractivity contribution in [3.05, 3.63) is 288 Å². The number of aromatic nitrogens is 3. The van der Waals surface area contributed by atoms with Crippen LogP contribution < -0.4 is 19.5 Å². The van der Waals surface area contributed by atoms with Crippen molar-refractivity contribution in [3.63, 3.8) is 0 Å². The van der Waals surface area contributed by atoms with E-state index in [1.165, 1.54) is 40.7 Å². The van der Waals surface area contributed by atoms with E-state index in [1.807, 2.05) is 79.7 Å². The molecular weight excluding hydrogens is 1510 g/mol. The highest BCUT2D eigenvalue weighted by molar-refractivity contribution is 7.89. The van der Waals surface area contributed by atoms with Crippen LogP contribution in [-0.2, 0) is 43.6 Å². The van der Waals surface area contributed by atoms with Gasteiger partial charge < -0.3 is 44.0 Å². The summed E-state index contributed by atoms with van der Waals surface area (Å²) in [6, 6.07) is 55.3. The van der Waals surface area contributed by atoms with Crippen molar-refractivity contribution >= 4 is 119 Å². The van der Waals surface area contributed by atoms with Gasteiger partial charge in [-0.1, -0.05) is 94.4 Å². The Bertz CT molecular complexity index is 5520. The van der Waals surface area contributed by atoms with E-state index in [4.69, 9.17) is 70.1 Å². The average Bonchev–Trinajstić information content (AvgIpc) is 1.70. The first kappa shape index (κ1) is 75.1. The molecule has 8 heterocycles. The number of amides is 4. The normalized spacial score (nSPS) is 17.2. The zero-order chi connectivity index (χ0) is 76.3. The minimum atomic E-state index is -3.65. The molecular formula is C83H75Cl4F2N9O11S. The molecule has 0 bridgehead atoms. The number of nitrogens with zero attached hydrogens (tertiary/aromatic N) is 5. The van der Waals surface area contributed by atoms with Crippen molar-refractivity contribution < 1.29 is 61.5 Å². The summed E-state index contributed by atoms with van der Waals surface area (Å²) in [6.45, 7) is 7.82. The number of aromatic amines is 3. The molecule has 9 aromatic carbocycles. The number of ether oxygens (including phenoxy) is 5. The Kier molecular flexibility index (Phi) is 22.3. The van der Waals surface area contributed by atoms with Crippen LogP contribution in [0.15, 0.2) is 205 Å². The van der Waals surface area contributed by atoms with E-state index in [0.717, 1.165) is 102 Å². The first-order valence-corrected chi connectivity index (χ1v) is 38.8. The fraction of sp³-hybridized carbons (Fsp3) is 0.229. The maximum absolute atomic E-state index is 13.6. The molecule has 0 spiro atoms. The van der Waals surface area contributed by atoms with E-state index < -0.39 is 52.2 Å². The van der Waals surface area contributed by atoms with E-state index in [1.54, 1.807) is 99.6 Å². The van der Waals surface area contributed by atoms with Gasteiger partial charge in [0.05, 0.1) is 37.9 Å². The molecule has 3 atom stereocenters. The number of hydrogen-bond acceptors (Lipinski definition) is 12. The highest BCUT2D eigenvalue weighted by atomic mass is 35.5. The van der Waals surface area contributed by atoms with Gasteiger partial charge in [-0.3, -0.25) is 24.4 Å². The Balaban J connectivity index is 0.000000139. The molecule has 12 aromatic rings. The summed E-state index contributed by atoms with van der Waals surface area (Å²) in [7, 11) is -3.65. The number of anilines is 1. The van der Waals surface area contributed by atoms with Crippen LogP contribution in [0.3, 0.4) is 0 Å². The van der Waals surface area contributed by atoms with Crippen LogP contribution in [0.5, 0.6) is 17.2 Å². The van der Waals surface area contributed by atoms with Crippen LogP contribution in [0.1, 0.15) is 75.6 Å². The van der Waals surface area contributed by atoms with Crippen molar-refractivity contribution in [2.45, 2.75) is 49.2 Å². The number of H-pyrrole nitrogens is 3. The summed E-state index contributed by atoms with van der Waals surface area (Å²) in [6.07, 6.45) is 0.395. The maximum Gasteiger partial charge on any atom is 0.416 e. The second-order valence-electron chi connectivity index (χ2n) is 27.2. The van der Waals surface area contributed by atoms with E-state index in [-0.39, 0.29) is 23.8 Å². The van der Waals surface area contributed by atoms with Crippen molar-refractivity contribution in [1.82, 2.24) is 38.9 Å². The van der Waals surface area contributed by atoms with Crippen molar-refractivity contribution in [3.8, 4) is 17.2 Å². The molecule has 0 radical (unpaired) electrons. The predicted octanol–water partition coefficient (Wildman–Crippen LogP) is 17.7. The van der Waals surface area contributed by atoms with Crippen molar-refractivity contribution in [2.75, 3.05) is 84.1 Å². The molecule has 3 unspecified atom stereocenters. The molecule has 0 aliphatic carbocycles. The van der Waals surface area contributed by atoms with Crippen LogP contribution in [-0.4, -0.2) is 150 Å². The number of halogens is 6. The van der Waals surface area contributed by atoms with Crippen molar-refractivity contribution in [1.29, 1.82) is 0 Å². The number of morpholine rings is 2. The maximum atomic E-state index is 13.6. The third-order valence-electron chi connectivity index (χ3n) is 20.2. The first-order chi connectivity index (χ1) is 53.2. The van der Waals surface area contributed by atoms with Crippen LogP contribution in [0.25, 0.3) is 32.7 Å². The third kappa shape index (κ3) is 16.4. The van der Waals surface area contributed by atoms with Gasteiger partial charge in [-0.15, -0.1) is 0 Å². The molecule has 20 nitrogen and oxygen atoms in total. The predicted molar refractivity (Wildman–Crippen MR) is 421 cm³/mol. The lowest BCUT2D eigenvalue weighted by molar-refractivity contribution is -0.118. The fourth-order valence-electron chi connectivity index (χ4n) is 14.9. The molecule has 4 amide bonds. The second kappa shape index (κ2) is 32.7. The van der Waals surface area contributed by atoms with Gasteiger partial charge in [0, 0.05) is 123 Å². The zero-order valence-corrected chi connectivity index (χ0v) is 63.1. The molecule has 5 aliphatic heterocycles. The number of hydrogen-bond donors (Lipinski definition) is 4. The third-order valence-corrected chi connectivity index (χ3v) is 23.1. The van der Waals surface area contributed by atoms with Crippen molar-refractivity contribution in [2.24, 2.45) is 0 Å². The van der Waals surface area contributed by atoms with Gasteiger partial charge in [-0.2, -0.15) is 4.31 Å². The van der Waals surface area contributed by atoms with Gasteiger partial charge in [0.15, 0.2) is 0 Å². The number of sulfonamides is 1. The molecule has 2 fully saturated rings. The lowest BCUT2D eigenvalue weighted by Gasteiger charge is -2.35. The van der Waals surface area contributed by atoms with Crippen LogP contribution >= 0.6 is 46.4 Å². The number of benzene rings is 9. The minimum Gasteiger partial charge on any atom is -0.410 e. The summed E-state index contributed by atoms with van der Waals surface area (Å²) in [5, 5.41) is 8.55. The fourth-order valence-corrected chi connectivity index (χ4v) is 16.9. The zero-order valence-electron chi connectivity index (χ0n) is 59.3.